The molecule has 0 aromatic heterocycles. The third-order valence-electron chi connectivity index (χ3n) is 3.22. The molecular formula is C14H24N2O6. The fourth-order valence-corrected chi connectivity index (χ4v) is 2.05. The monoisotopic (exact) mass is 316 g/mol. The minimum Gasteiger partial charge on any atom is -0.466 e. The second-order valence-corrected chi connectivity index (χ2v) is 5.20. The lowest BCUT2D eigenvalue weighted by Gasteiger charge is -2.28. The van der Waals surface area contributed by atoms with Crippen molar-refractivity contribution in [1.82, 2.24) is 10.4 Å². The topological polar surface area (TPSA) is 94.2 Å². The summed E-state index contributed by atoms with van der Waals surface area (Å²) in [4.78, 5) is 35.4. The predicted molar refractivity (Wildman–Crippen MR) is 76.6 cm³/mol. The molecule has 126 valence electrons. The molecule has 0 aromatic carbocycles. The lowest BCUT2D eigenvalue weighted by molar-refractivity contribution is -0.153. The van der Waals surface area contributed by atoms with Crippen molar-refractivity contribution in [2.45, 2.75) is 46.2 Å². The smallest absolute Gasteiger partial charge is 0.424 e. The van der Waals surface area contributed by atoms with Gasteiger partial charge in [-0.05, 0) is 19.8 Å². The highest BCUT2D eigenvalue weighted by Crippen LogP contribution is 2.18. The molecule has 0 aliphatic carbocycles. The van der Waals surface area contributed by atoms with Gasteiger partial charge in [-0.25, -0.2) is 15.2 Å². The molecule has 2 atom stereocenters. The number of carbonyl (C=O) groups is 3. The highest BCUT2D eigenvalue weighted by atomic mass is 16.6. The zero-order valence-electron chi connectivity index (χ0n) is 13.5. The van der Waals surface area contributed by atoms with Crippen LogP contribution < -0.4 is 5.43 Å². The van der Waals surface area contributed by atoms with Crippen LogP contribution in [0.2, 0.25) is 0 Å². The maximum absolute atomic E-state index is 12.0. The van der Waals surface area contributed by atoms with Gasteiger partial charge in [-0.1, -0.05) is 13.8 Å². The lowest BCUT2D eigenvalue weighted by Crippen LogP contribution is -2.54. The summed E-state index contributed by atoms with van der Waals surface area (Å²) in [5, 5.41) is 1.26. The number of ether oxygens (including phenoxy) is 3. The SMILES string of the molecule is CCOC(=O)C[C@H](NN1C(=O)OC[C@@H]1C(C)C)C(=O)OCC. The lowest BCUT2D eigenvalue weighted by atomic mass is 10.1. The quantitative estimate of drug-likeness (QED) is 0.524. The Labute approximate surface area is 130 Å². The number of nitrogens with one attached hydrogen (secondary N) is 1. The number of nitrogens with zero attached hydrogens (tertiary/aromatic N) is 1. The van der Waals surface area contributed by atoms with E-state index in [2.05, 4.69) is 5.43 Å². The number of hydrogen-bond donors (Lipinski definition) is 1. The molecule has 0 aromatic rings. The van der Waals surface area contributed by atoms with Crippen molar-refractivity contribution in [3.63, 3.8) is 0 Å². The highest BCUT2D eigenvalue weighted by molar-refractivity contribution is 5.83. The van der Waals surface area contributed by atoms with Crippen LogP contribution >= 0.6 is 0 Å². The molecule has 8 heteroatoms. The summed E-state index contributed by atoms with van der Waals surface area (Å²) in [6.07, 6.45) is -0.793. The summed E-state index contributed by atoms with van der Waals surface area (Å²) >= 11 is 0. The van der Waals surface area contributed by atoms with Crippen LogP contribution in [0.4, 0.5) is 4.79 Å². The first-order chi connectivity index (χ1) is 10.4. The molecule has 0 saturated carbocycles. The van der Waals surface area contributed by atoms with Gasteiger partial charge in [0, 0.05) is 0 Å². The van der Waals surface area contributed by atoms with Crippen molar-refractivity contribution < 1.29 is 28.6 Å². The highest BCUT2D eigenvalue weighted by Gasteiger charge is 2.38. The number of hydrazine groups is 1. The molecule has 1 fully saturated rings. The van der Waals surface area contributed by atoms with Gasteiger partial charge in [0.25, 0.3) is 0 Å². The average molecular weight is 316 g/mol. The van der Waals surface area contributed by atoms with E-state index in [4.69, 9.17) is 14.2 Å². The third kappa shape index (κ3) is 4.87. The second kappa shape index (κ2) is 8.57. The molecule has 1 saturated heterocycles. The van der Waals surface area contributed by atoms with E-state index in [0.717, 1.165) is 0 Å². The molecule has 1 amide bonds. The molecule has 0 radical (unpaired) electrons. The van der Waals surface area contributed by atoms with Gasteiger partial charge in [0.15, 0.2) is 0 Å². The van der Waals surface area contributed by atoms with Gasteiger partial charge in [0.05, 0.1) is 25.7 Å². The van der Waals surface area contributed by atoms with E-state index in [9.17, 15) is 14.4 Å². The number of amides is 1. The van der Waals surface area contributed by atoms with Crippen LogP contribution in [0.1, 0.15) is 34.1 Å². The van der Waals surface area contributed by atoms with Gasteiger partial charge in [0.1, 0.15) is 12.6 Å². The van der Waals surface area contributed by atoms with E-state index in [1.54, 1.807) is 13.8 Å². The molecule has 1 rings (SSSR count). The number of carbonyl (C=O) groups excluding carboxylic acids is 3. The summed E-state index contributed by atoms with van der Waals surface area (Å²) in [6.45, 7) is 7.85. The molecule has 1 aliphatic rings. The van der Waals surface area contributed by atoms with Crippen LogP contribution in [0.5, 0.6) is 0 Å². The molecule has 8 nitrogen and oxygen atoms in total. The Morgan fingerprint density at radius 2 is 1.95 bits per heavy atom. The van der Waals surface area contributed by atoms with Crippen LogP contribution in [0.25, 0.3) is 0 Å². The van der Waals surface area contributed by atoms with Crippen molar-refractivity contribution in [3.05, 3.63) is 0 Å². The van der Waals surface area contributed by atoms with Crippen molar-refractivity contribution in [3.8, 4) is 0 Å². The fraction of sp³-hybridized carbons (Fsp3) is 0.786. The van der Waals surface area contributed by atoms with Crippen molar-refractivity contribution in [2.24, 2.45) is 5.92 Å². The summed E-state index contributed by atoms with van der Waals surface area (Å²) < 4.78 is 14.8. The molecule has 1 aliphatic heterocycles. The fourth-order valence-electron chi connectivity index (χ4n) is 2.05. The summed E-state index contributed by atoms with van der Waals surface area (Å²) in [7, 11) is 0. The predicted octanol–water partition coefficient (Wildman–Crippen LogP) is 0.853. The van der Waals surface area contributed by atoms with Gasteiger partial charge >= 0.3 is 18.0 Å². The van der Waals surface area contributed by atoms with E-state index in [1.807, 2.05) is 13.8 Å². The largest absolute Gasteiger partial charge is 0.466 e. The second-order valence-electron chi connectivity index (χ2n) is 5.20. The normalized spacial score (nSPS) is 19.0. The number of cyclic esters (lactones) is 1. The van der Waals surface area contributed by atoms with Crippen molar-refractivity contribution in [1.29, 1.82) is 0 Å². The van der Waals surface area contributed by atoms with Crippen molar-refractivity contribution >= 4 is 18.0 Å². The Bertz CT molecular complexity index is 412. The van der Waals surface area contributed by atoms with Gasteiger partial charge < -0.3 is 14.2 Å². The number of hydrogen-bond acceptors (Lipinski definition) is 7. The Kier molecular flexibility index (Phi) is 7.10. The van der Waals surface area contributed by atoms with E-state index in [1.165, 1.54) is 5.01 Å². The third-order valence-corrected chi connectivity index (χ3v) is 3.22. The van der Waals surface area contributed by atoms with E-state index < -0.39 is 24.1 Å². The molecule has 22 heavy (non-hydrogen) atoms. The Morgan fingerprint density at radius 1 is 1.32 bits per heavy atom. The van der Waals surface area contributed by atoms with Gasteiger partial charge in [-0.2, -0.15) is 0 Å². The zero-order chi connectivity index (χ0) is 16.7. The summed E-state index contributed by atoms with van der Waals surface area (Å²) in [5.41, 5.74) is 2.75. The van der Waals surface area contributed by atoms with Gasteiger partial charge in [-0.3, -0.25) is 9.59 Å². The number of esters is 2. The summed E-state index contributed by atoms with van der Waals surface area (Å²) in [6, 6.07) is -1.21. The first-order valence-electron chi connectivity index (χ1n) is 7.45. The molecule has 0 bridgehead atoms. The van der Waals surface area contributed by atoms with E-state index in [0.29, 0.717) is 0 Å². The molecular weight excluding hydrogens is 292 g/mol. The van der Waals surface area contributed by atoms with E-state index >= 15 is 0 Å². The van der Waals surface area contributed by atoms with Crippen LogP contribution in [-0.4, -0.2) is 54.9 Å². The first kappa shape index (κ1) is 18.2. The average Bonchev–Trinajstić information content (AvgIpc) is 2.80. The Hall–Kier alpha value is -1.83. The van der Waals surface area contributed by atoms with Crippen LogP contribution in [-0.2, 0) is 23.8 Å². The Morgan fingerprint density at radius 3 is 2.50 bits per heavy atom. The van der Waals surface area contributed by atoms with Gasteiger partial charge in [0.2, 0.25) is 0 Å². The standard InChI is InChI=1S/C14H24N2O6/c1-5-20-12(17)7-10(13(18)21-6-2)15-16-11(9(3)4)8-22-14(16)19/h9-11,15H,5-8H2,1-4H3/t10-,11+/m0/s1. The van der Waals surface area contributed by atoms with Gasteiger partial charge in [-0.15, -0.1) is 0 Å². The van der Waals surface area contributed by atoms with Crippen LogP contribution in [0, 0.1) is 5.92 Å². The van der Waals surface area contributed by atoms with Crippen molar-refractivity contribution in [2.75, 3.05) is 19.8 Å². The zero-order valence-corrected chi connectivity index (χ0v) is 13.5. The first-order valence-corrected chi connectivity index (χ1v) is 7.45. The molecule has 0 spiro atoms. The molecule has 1 heterocycles. The maximum Gasteiger partial charge on any atom is 0.424 e. The van der Waals surface area contributed by atoms with E-state index in [-0.39, 0.29) is 38.2 Å². The molecule has 0 unspecified atom stereocenters. The minimum absolute atomic E-state index is 0.129. The van der Waals surface area contributed by atoms with Crippen LogP contribution in [0.15, 0.2) is 0 Å². The molecule has 1 N–H and O–H groups in total. The van der Waals surface area contributed by atoms with Crippen LogP contribution in [0.3, 0.4) is 0 Å². The number of rotatable bonds is 8. The minimum atomic E-state index is -0.995. The maximum atomic E-state index is 12.0. The Balaban J connectivity index is 2.79. The summed E-state index contributed by atoms with van der Waals surface area (Å²) in [5.74, 6) is -1.02.